The molecule has 0 radical (unpaired) electrons. The number of hydrogen-bond acceptors (Lipinski definition) is 4. The van der Waals surface area contributed by atoms with Crippen molar-refractivity contribution in [1.29, 1.82) is 5.26 Å². The molecule has 2 N–H and O–H groups in total. The van der Waals surface area contributed by atoms with E-state index in [0.717, 1.165) is 44.5 Å². The Balaban J connectivity index is 1.65. The predicted octanol–water partition coefficient (Wildman–Crippen LogP) is 2.45. The van der Waals surface area contributed by atoms with E-state index in [0.29, 0.717) is 12.6 Å². The van der Waals surface area contributed by atoms with Gasteiger partial charge in [0, 0.05) is 12.1 Å². The lowest BCUT2D eigenvalue weighted by Crippen LogP contribution is -2.33. The topological polar surface area (TPSA) is 59.3 Å². The molecule has 0 saturated carbocycles. The lowest BCUT2D eigenvalue weighted by Gasteiger charge is -2.22. The number of nitrogens with one attached hydrogen (secondary N) is 1. The van der Waals surface area contributed by atoms with Crippen LogP contribution < -0.4 is 5.32 Å². The standard InChI is InChI=1S/C18H27N3O/c1-15(17-7-4-6-16(12-17)13-19)20-9-2-3-10-21-11-5-8-18(21)14-22/h4,6-7,12,15,18,20,22H,2-3,5,8-11,14H2,1H3. The third-order valence-electron chi connectivity index (χ3n) is 4.55. The van der Waals surface area contributed by atoms with Crippen molar-refractivity contribution in [2.45, 2.75) is 44.7 Å². The molecular weight excluding hydrogens is 274 g/mol. The van der Waals surface area contributed by atoms with E-state index in [1.54, 1.807) is 0 Å². The molecule has 0 spiro atoms. The van der Waals surface area contributed by atoms with Gasteiger partial charge in [-0.25, -0.2) is 0 Å². The molecule has 2 unspecified atom stereocenters. The highest BCUT2D eigenvalue weighted by Crippen LogP contribution is 2.17. The summed E-state index contributed by atoms with van der Waals surface area (Å²) in [5.74, 6) is 0. The van der Waals surface area contributed by atoms with Gasteiger partial charge in [-0.2, -0.15) is 5.26 Å². The fourth-order valence-corrected chi connectivity index (χ4v) is 3.15. The molecule has 22 heavy (non-hydrogen) atoms. The van der Waals surface area contributed by atoms with Gasteiger partial charge >= 0.3 is 0 Å². The zero-order valence-electron chi connectivity index (χ0n) is 13.5. The highest BCUT2D eigenvalue weighted by Gasteiger charge is 2.22. The highest BCUT2D eigenvalue weighted by atomic mass is 16.3. The Labute approximate surface area is 133 Å². The van der Waals surface area contributed by atoms with Crippen LogP contribution in [0.15, 0.2) is 24.3 Å². The number of aliphatic hydroxyl groups is 1. The van der Waals surface area contributed by atoms with Crippen LogP contribution >= 0.6 is 0 Å². The maximum absolute atomic E-state index is 9.30. The third-order valence-corrected chi connectivity index (χ3v) is 4.55. The lowest BCUT2D eigenvalue weighted by molar-refractivity contribution is 0.157. The van der Waals surface area contributed by atoms with Crippen LogP contribution in [-0.2, 0) is 0 Å². The summed E-state index contributed by atoms with van der Waals surface area (Å²) in [6.07, 6.45) is 4.65. The van der Waals surface area contributed by atoms with Crippen molar-refractivity contribution < 1.29 is 5.11 Å². The van der Waals surface area contributed by atoms with Crippen LogP contribution in [0, 0.1) is 11.3 Å². The molecule has 2 atom stereocenters. The molecule has 0 bridgehead atoms. The van der Waals surface area contributed by atoms with Crippen LogP contribution in [0.2, 0.25) is 0 Å². The number of likely N-dealkylation sites (tertiary alicyclic amines) is 1. The average Bonchev–Trinajstić information content (AvgIpc) is 3.02. The molecule has 1 saturated heterocycles. The first-order valence-corrected chi connectivity index (χ1v) is 8.33. The summed E-state index contributed by atoms with van der Waals surface area (Å²) >= 11 is 0. The highest BCUT2D eigenvalue weighted by molar-refractivity contribution is 5.33. The number of benzene rings is 1. The smallest absolute Gasteiger partial charge is 0.0991 e. The minimum Gasteiger partial charge on any atom is -0.395 e. The van der Waals surface area contributed by atoms with E-state index < -0.39 is 0 Å². The molecule has 120 valence electrons. The van der Waals surface area contributed by atoms with Gasteiger partial charge in [0.25, 0.3) is 0 Å². The Morgan fingerprint density at radius 2 is 2.32 bits per heavy atom. The summed E-state index contributed by atoms with van der Waals surface area (Å²) in [6, 6.07) is 10.6. The first kappa shape index (κ1) is 17.0. The van der Waals surface area contributed by atoms with Crippen molar-refractivity contribution in [1.82, 2.24) is 10.2 Å². The second kappa shape index (κ2) is 8.89. The maximum Gasteiger partial charge on any atom is 0.0991 e. The van der Waals surface area contributed by atoms with Gasteiger partial charge in [0.2, 0.25) is 0 Å². The Morgan fingerprint density at radius 3 is 3.09 bits per heavy atom. The molecule has 1 aromatic rings. The Bertz CT molecular complexity index is 497. The molecule has 1 aliphatic rings. The third kappa shape index (κ3) is 4.81. The van der Waals surface area contributed by atoms with E-state index in [4.69, 9.17) is 5.26 Å². The van der Waals surface area contributed by atoms with Gasteiger partial charge < -0.3 is 10.4 Å². The van der Waals surface area contributed by atoms with Crippen molar-refractivity contribution in [2.75, 3.05) is 26.2 Å². The second-order valence-corrected chi connectivity index (χ2v) is 6.13. The number of unbranched alkanes of at least 4 members (excludes halogenated alkanes) is 1. The molecule has 1 heterocycles. The van der Waals surface area contributed by atoms with Gasteiger partial charge in [-0.05, 0) is 69.9 Å². The van der Waals surface area contributed by atoms with Gasteiger partial charge in [-0.3, -0.25) is 4.90 Å². The fraction of sp³-hybridized carbons (Fsp3) is 0.611. The average molecular weight is 301 g/mol. The van der Waals surface area contributed by atoms with Crippen LogP contribution in [-0.4, -0.2) is 42.3 Å². The van der Waals surface area contributed by atoms with Crippen LogP contribution in [0.5, 0.6) is 0 Å². The summed E-state index contributed by atoms with van der Waals surface area (Å²) in [5.41, 5.74) is 1.88. The quantitative estimate of drug-likeness (QED) is 0.724. The lowest BCUT2D eigenvalue weighted by atomic mass is 10.1. The number of nitriles is 1. The maximum atomic E-state index is 9.30. The van der Waals surface area contributed by atoms with Gasteiger partial charge in [-0.15, -0.1) is 0 Å². The van der Waals surface area contributed by atoms with Crippen LogP contribution in [0.1, 0.15) is 49.8 Å². The van der Waals surface area contributed by atoms with E-state index in [2.05, 4.69) is 29.3 Å². The fourth-order valence-electron chi connectivity index (χ4n) is 3.15. The van der Waals surface area contributed by atoms with Crippen molar-refractivity contribution in [3.05, 3.63) is 35.4 Å². The molecular formula is C18H27N3O. The van der Waals surface area contributed by atoms with E-state index in [1.165, 1.54) is 12.0 Å². The molecule has 4 heteroatoms. The minimum absolute atomic E-state index is 0.269. The molecule has 1 aliphatic heterocycles. The van der Waals surface area contributed by atoms with Gasteiger partial charge in [0.1, 0.15) is 0 Å². The minimum atomic E-state index is 0.269. The number of nitrogens with zero attached hydrogens (tertiary/aromatic N) is 2. The van der Waals surface area contributed by atoms with Crippen LogP contribution in [0.3, 0.4) is 0 Å². The zero-order chi connectivity index (χ0) is 15.8. The molecule has 0 amide bonds. The Kier molecular flexibility index (Phi) is 6.85. The van der Waals surface area contributed by atoms with Crippen molar-refractivity contribution in [3.63, 3.8) is 0 Å². The molecule has 4 nitrogen and oxygen atoms in total. The monoisotopic (exact) mass is 301 g/mol. The normalized spacial score (nSPS) is 20.0. The second-order valence-electron chi connectivity index (χ2n) is 6.13. The first-order chi connectivity index (χ1) is 10.7. The van der Waals surface area contributed by atoms with Crippen LogP contribution in [0.4, 0.5) is 0 Å². The van der Waals surface area contributed by atoms with E-state index in [9.17, 15) is 5.11 Å². The first-order valence-electron chi connectivity index (χ1n) is 8.33. The van der Waals surface area contributed by atoms with E-state index in [1.807, 2.05) is 18.2 Å². The molecule has 1 aromatic carbocycles. The Hall–Kier alpha value is -1.41. The van der Waals surface area contributed by atoms with Crippen molar-refractivity contribution >= 4 is 0 Å². The number of aliphatic hydroxyl groups excluding tert-OH is 1. The Morgan fingerprint density at radius 1 is 1.45 bits per heavy atom. The molecule has 1 fully saturated rings. The van der Waals surface area contributed by atoms with Crippen molar-refractivity contribution in [2.24, 2.45) is 0 Å². The van der Waals surface area contributed by atoms with E-state index in [-0.39, 0.29) is 6.04 Å². The van der Waals surface area contributed by atoms with Gasteiger partial charge in [0.15, 0.2) is 0 Å². The van der Waals surface area contributed by atoms with Gasteiger partial charge in [-0.1, -0.05) is 12.1 Å². The SMILES string of the molecule is CC(NCCCCN1CCCC1CO)c1cccc(C#N)c1. The largest absolute Gasteiger partial charge is 0.395 e. The molecule has 2 rings (SSSR count). The van der Waals surface area contributed by atoms with Crippen molar-refractivity contribution in [3.8, 4) is 6.07 Å². The summed E-state index contributed by atoms with van der Waals surface area (Å²) in [5, 5.41) is 21.8. The number of rotatable bonds is 8. The summed E-state index contributed by atoms with van der Waals surface area (Å²) in [6.45, 7) is 5.64. The summed E-state index contributed by atoms with van der Waals surface area (Å²) in [7, 11) is 0. The number of hydrogen-bond donors (Lipinski definition) is 2. The summed E-state index contributed by atoms with van der Waals surface area (Å²) < 4.78 is 0. The van der Waals surface area contributed by atoms with Gasteiger partial charge in [0.05, 0.1) is 18.2 Å². The van der Waals surface area contributed by atoms with E-state index >= 15 is 0 Å². The molecule has 0 aliphatic carbocycles. The predicted molar refractivity (Wildman–Crippen MR) is 88.5 cm³/mol. The van der Waals surface area contributed by atoms with Crippen LogP contribution in [0.25, 0.3) is 0 Å². The molecule has 0 aromatic heterocycles. The zero-order valence-corrected chi connectivity index (χ0v) is 13.5. The summed E-state index contributed by atoms with van der Waals surface area (Å²) in [4.78, 5) is 2.42.